The van der Waals surface area contributed by atoms with Crippen molar-refractivity contribution in [3.8, 4) is 0 Å². The van der Waals surface area contributed by atoms with Gasteiger partial charge in [-0.15, -0.1) is 0 Å². The molecule has 0 radical (unpaired) electrons. The van der Waals surface area contributed by atoms with Gasteiger partial charge in [-0.1, -0.05) is 6.92 Å². The summed E-state index contributed by atoms with van der Waals surface area (Å²) in [4.78, 5) is 27.5. The van der Waals surface area contributed by atoms with Crippen molar-refractivity contribution >= 4 is 23.6 Å². The molecule has 4 rings (SSSR count). The predicted octanol–water partition coefficient (Wildman–Crippen LogP) is 1.75. The Bertz CT molecular complexity index is 686. The second kappa shape index (κ2) is 5.58. The van der Waals surface area contributed by atoms with E-state index in [9.17, 15) is 9.59 Å². The van der Waals surface area contributed by atoms with Crippen molar-refractivity contribution in [2.45, 2.75) is 25.5 Å². The van der Waals surface area contributed by atoms with Gasteiger partial charge in [0, 0.05) is 18.8 Å². The van der Waals surface area contributed by atoms with E-state index in [-0.39, 0.29) is 24.8 Å². The fourth-order valence-electron chi connectivity index (χ4n) is 3.80. The number of hydrogen-bond donors (Lipinski definition) is 1. The number of nitrogens with zero attached hydrogens (tertiary/aromatic N) is 2. The molecule has 0 aliphatic carbocycles. The van der Waals surface area contributed by atoms with Gasteiger partial charge in [0.2, 0.25) is 0 Å². The molecule has 7 nitrogen and oxygen atoms in total. The summed E-state index contributed by atoms with van der Waals surface area (Å²) < 4.78 is 9.98. The average Bonchev–Trinajstić information content (AvgIpc) is 3.06. The molecule has 3 aliphatic rings. The number of carbonyl (C=O) groups excluding carboxylic acids is 2. The average molecular weight is 331 g/mol. The number of rotatable bonds is 3. The number of cyclic esters (lactones) is 1. The molecule has 24 heavy (non-hydrogen) atoms. The van der Waals surface area contributed by atoms with Gasteiger partial charge in [-0.25, -0.2) is 9.59 Å². The molecule has 7 heteroatoms. The van der Waals surface area contributed by atoms with E-state index < -0.39 is 6.09 Å². The first-order chi connectivity index (χ1) is 11.6. The molecule has 2 atom stereocenters. The van der Waals surface area contributed by atoms with E-state index in [1.54, 1.807) is 4.90 Å². The van der Waals surface area contributed by atoms with Crippen LogP contribution in [0.4, 0.5) is 21.0 Å². The molecule has 2 amide bonds. The number of nitrogens with one attached hydrogen (secondary N) is 1. The lowest BCUT2D eigenvalue weighted by atomic mass is 10.00. The monoisotopic (exact) mass is 331 g/mol. The number of amides is 2. The molecule has 0 saturated carbocycles. The number of fused-ring (bicyclic) bond motifs is 3. The predicted molar refractivity (Wildman–Crippen MR) is 88.5 cm³/mol. The smallest absolute Gasteiger partial charge is 0.415 e. The van der Waals surface area contributed by atoms with Gasteiger partial charge in [0.25, 0.3) is 0 Å². The molecule has 0 aromatic heterocycles. The van der Waals surface area contributed by atoms with Crippen LogP contribution in [0, 0.1) is 5.92 Å². The second-order valence-electron chi connectivity index (χ2n) is 6.76. The van der Waals surface area contributed by atoms with E-state index in [0.717, 1.165) is 36.7 Å². The van der Waals surface area contributed by atoms with E-state index in [2.05, 4.69) is 34.0 Å². The summed E-state index contributed by atoms with van der Waals surface area (Å²) in [5.74, 6) is 0.741. The number of anilines is 2. The minimum atomic E-state index is -0.519. The zero-order valence-electron chi connectivity index (χ0n) is 13.8. The second-order valence-corrected chi connectivity index (χ2v) is 6.76. The number of ether oxygens (including phenoxy) is 2. The fourth-order valence-corrected chi connectivity index (χ4v) is 3.80. The Morgan fingerprint density at radius 2 is 2.21 bits per heavy atom. The third kappa shape index (κ3) is 2.35. The number of methoxy groups -OCH3 is 1. The largest absolute Gasteiger partial charge is 0.453 e. The summed E-state index contributed by atoms with van der Waals surface area (Å²) >= 11 is 0. The van der Waals surface area contributed by atoms with E-state index in [1.807, 2.05) is 6.07 Å². The summed E-state index contributed by atoms with van der Waals surface area (Å²) in [5.41, 5.74) is 3.30. The molecule has 3 heterocycles. The van der Waals surface area contributed by atoms with Gasteiger partial charge in [-0.05, 0) is 36.1 Å². The topological polar surface area (TPSA) is 71.1 Å². The van der Waals surface area contributed by atoms with Gasteiger partial charge < -0.3 is 19.7 Å². The van der Waals surface area contributed by atoms with Crippen LogP contribution in [0.15, 0.2) is 18.2 Å². The highest BCUT2D eigenvalue weighted by Gasteiger charge is 2.47. The Balaban J connectivity index is 1.51. The Labute approximate surface area is 140 Å². The first kappa shape index (κ1) is 15.1. The van der Waals surface area contributed by atoms with E-state index >= 15 is 0 Å². The van der Waals surface area contributed by atoms with Gasteiger partial charge in [-0.2, -0.15) is 0 Å². The van der Waals surface area contributed by atoms with Crippen LogP contribution in [0.5, 0.6) is 0 Å². The molecule has 1 aromatic carbocycles. The van der Waals surface area contributed by atoms with Crippen LogP contribution < -0.4 is 15.1 Å². The van der Waals surface area contributed by atoms with Crippen molar-refractivity contribution < 1.29 is 19.1 Å². The molecule has 1 aromatic rings. The van der Waals surface area contributed by atoms with Crippen LogP contribution in [0.3, 0.4) is 0 Å². The number of alkyl carbamates (subject to hydrolysis) is 1. The maximum absolute atomic E-state index is 12.2. The van der Waals surface area contributed by atoms with Crippen LogP contribution in [0.1, 0.15) is 12.5 Å². The van der Waals surface area contributed by atoms with Crippen LogP contribution >= 0.6 is 0 Å². The number of hydrogen-bond acceptors (Lipinski definition) is 5. The molecule has 0 bridgehead atoms. The molecular formula is C17H21N3O4. The Hall–Kier alpha value is -2.44. The maximum Gasteiger partial charge on any atom is 0.415 e. The summed E-state index contributed by atoms with van der Waals surface area (Å²) in [6.45, 7) is 4.66. The first-order valence-corrected chi connectivity index (χ1v) is 8.26. The quantitative estimate of drug-likeness (QED) is 0.914. The van der Waals surface area contributed by atoms with E-state index in [0.29, 0.717) is 0 Å². The molecule has 3 aliphatic heterocycles. The summed E-state index contributed by atoms with van der Waals surface area (Å²) in [6.07, 6.45) is -0.488. The lowest BCUT2D eigenvalue weighted by Gasteiger charge is -2.39. The van der Waals surface area contributed by atoms with E-state index in [4.69, 9.17) is 4.74 Å². The maximum atomic E-state index is 12.2. The number of benzene rings is 1. The van der Waals surface area contributed by atoms with Crippen molar-refractivity contribution in [3.63, 3.8) is 0 Å². The lowest BCUT2D eigenvalue weighted by Crippen LogP contribution is -2.45. The van der Waals surface area contributed by atoms with Crippen molar-refractivity contribution in [2.75, 3.05) is 36.5 Å². The third-order valence-corrected chi connectivity index (χ3v) is 5.02. The minimum absolute atomic E-state index is 0.0739. The van der Waals surface area contributed by atoms with Crippen LogP contribution in [-0.4, -0.2) is 51.1 Å². The van der Waals surface area contributed by atoms with Crippen molar-refractivity contribution in [2.24, 2.45) is 5.92 Å². The van der Waals surface area contributed by atoms with Gasteiger partial charge in [0.1, 0.15) is 6.10 Å². The Kier molecular flexibility index (Phi) is 3.51. The highest BCUT2D eigenvalue weighted by molar-refractivity contribution is 5.94. The molecule has 0 unspecified atom stereocenters. The lowest BCUT2D eigenvalue weighted by molar-refractivity contribution is 0.123. The van der Waals surface area contributed by atoms with Crippen LogP contribution in [-0.2, 0) is 15.9 Å². The molecular weight excluding hydrogens is 310 g/mol. The zero-order valence-corrected chi connectivity index (χ0v) is 13.8. The standard InChI is InChI=1S/C17H21N3O4/c1-10-8-19(9-10)12-3-4-13-11(5-12)6-14-15(7-18-16(21)23-2)24-17(22)20(13)14/h3-5,10,14-15H,6-9H2,1-2H3,(H,18,21)/t14-,15-/m0/s1. The highest BCUT2D eigenvalue weighted by atomic mass is 16.6. The van der Waals surface area contributed by atoms with Crippen molar-refractivity contribution in [1.82, 2.24) is 5.32 Å². The molecule has 1 N–H and O–H groups in total. The van der Waals surface area contributed by atoms with Crippen molar-refractivity contribution in [1.29, 1.82) is 0 Å². The van der Waals surface area contributed by atoms with Gasteiger partial charge in [-0.3, -0.25) is 4.90 Å². The van der Waals surface area contributed by atoms with Crippen molar-refractivity contribution in [3.05, 3.63) is 23.8 Å². The molecule has 0 spiro atoms. The van der Waals surface area contributed by atoms with Gasteiger partial charge in [0.05, 0.1) is 25.4 Å². The van der Waals surface area contributed by atoms with Gasteiger partial charge >= 0.3 is 12.2 Å². The third-order valence-electron chi connectivity index (χ3n) is 5.02. The van der Waals surface area contributed by atoms with E-state index in [1.165, 1.54) is 12.8 Å². The summed E-state index contributed by atoms with van der Waals surface area (Å²) in [6, 6.07) is 6.18. The first-order valence-electron chi connectivity index (χ1n) is 8.26. The molecule has 2 saturated heterocycles. The van der Waals surface area contributed by atoms with Crippen LogP contribution in [0.2, 0.25) is 0 Å². The minimum Gasteiger partial charge on any atom is -0.453 e. The number of carbonyl (C=O) groups is 2. The van der Waals surface area contributed by atoms with Crippen LogP contribution in [0.25, 0.3) is 0 Å². The fraction of sp³-hybridized carbons (Fsp3) is 0.529. The van der Waals surface area contributed by atoms with Gasteiger partial charge in [0.15, 0.2) is 0 Å². The Morgan fingerprint density at radius 3 is 2.92 bits per heavy atom. The SMILES string of the molecule is COC(=O)NC[C@@H]1OC(=O)N2c3ccc(N4CC(C)C4)cc3C[C@@H]12. The molecule has 2 fully saturated rings. The molecule has 128 valence electrons. The highest BCUT2D eigenvalue weighted by Crippen LogP contribution is 2.41. The normalized spacial score (nSPS) is 25.0. The summed E-state index contributed by atoms with van der Waals surface area (Å²) in [7, 11) is 1.31. The Morgan fingerprint density at radius 1 is 1.42 bits per heavy atom. The summed E-state index contributed by atoms with van der Waals surface area (Å²) in [5, 5.41) is 2.61. The zero-order chi connectivity index (χ0) is 16.8.